The van der Waals surface area contributed by atoms with Gasteiger partial charge in [0.2, 0.25) is 5.91 Å². The highest BCUT2D eigenvalue weighted by Crippen LogP contribution is 2.03. The van der Waals surface area contributed by atoms with Gasteiger partial charge in [0.25, 0.3) is 0 Å². The smallest absolute Gasteiger partial charge is 0.248 e. The second-order valence-corrected chi connectivity index (χ2v) is 3.43. The summed E-state index contributed by atoms with van der Waals surface area (Å²) in [4.78, 5) is 11.1. The van der Waals surface area contributed by atoms with Gasteiger partial charge in [-0.1, -0.05) is 13.8 Å². The van der Waals surface area contributed by atoms with Crippen molar-refractivity contribution in [1.29, 1.82) is 0 Å². The lowest BCUT2D eigenvalue weighted by molar-refractivity contribution is -0.130. The molecule has 0 aromatic rings. The molecule has 86 valence electrons. The molecule has 4 nitrogen and oxygen atoms in total. The second kappa shape index (κ2) is 9.30. The number of aliphatic hydroxyl groups excluding tert-OH is 1. The molecule has 0 spiro atoms. The molecule has 0 aromatic heterocycles. The number of hydrogen-bond acceptors (Lipinski definition) is 3. The van der Waals surface area contributed by atoms with Crippen LogP contribution in [0.15, 0.2) is 0 Å². The Kier molecular flexibility index (Phi) is 10.7. The van der Waals surface area contributed by atoms with Crippen molar-refractivity contribution in [3.8, 4) is 0 Å². The molecule has 2 N–H and O–H groups in total. The van der Waals surface area contributed by atoms with E-state index in [9.17, 15) is 9.90 Å². The maximum absolute atomic E-state index is 11.1. The van der Waals surface area contributed by atoms with Crippen LogP contribution in [-0.4, -0.2) is 37.4 Å². The maximum Gasteiger partial charge on any atom is 0.248 e. The Morgan fingerprint density at radius 3 is 2.50 bits per heavy atom. The summed E-state index contributed by atoms with van der Waals surface area (Å²) in [6.45, 7) is 4.85. The zero-order valence-electron chi connectivity index (χ0n) is 9.04. The van der Waals surface area contributed by atoms with Gasteiger partial charge in [0.05, 0.1) is 6.61 Å². The van der Waals surface area contributed by atoms with E-state index in [1.807, 2.05) is 13.8 Å². The highest BCUT2D eigenvalue weighted by molar-refractivity contribution is 7.59. The molecule has 14 heavy (non-hydrogen) atoms. The van der Waals surface area contributed by atoms with Crippen LogP contribution < -0.4 is 5.32 Å². The highest BCUT2D eigenvalue weighted by atomic mass is 32.1. The average Bonchev–Trinajstić information content (AvgIpc) is 2.03. The molecule has 0 bridgehead atoms. The Morgan fingerprint density at radius 1 is 1.50 bits per heavy atom. The monoisotopic (exact) mass is 223 g/mol. The van der Waals surface area contributed by atoms with E-state index < -0.39 is 6.10 Å². The summed E-state index contributed by atoms with van der Waals surface area (Å²) >= 11 is 0. The van der Waals surface area contributed by atoms with E-state index in [4.69, 9.17) is 4.74 Å². The summed E-state index contributed by atoms with van der Waals surface area (Å²) in [5, 5.41) is 11.9. The van der Waals surface area contributed by atoms with E-state index in [1.165, 1.54) is 0 Å². The summed E-state index contributed by atoms with van der Waals surface area (Å²) in [7, 11) is 1.57. The highest BCUT2D eigenvalue weighted by Gasteiger charge is 2.15. The predicted molar refractivity (Wildman–Crippen MR) is 60.7 cm³/mol. The number of carbonyl (C=O) groups excluding carboxylic acids is 1. The lowest BCUT2D eigenvalue weighted by atomic mass is 10.1. The van der Waals surface area contributed by atoms with Crippen LogP contribution >= 0.6 is 13.5 Å². The zero-order valence-corrected chi connectivity index (χ0v) is 10.0. The van der Waals surface area contributed by atoms with Gasteiger partial charge in [0, 0.05) is 13.7 Å². The van der Waals surface area contributed by atoms with Crippen molar-refractivity contribution in [2.75, 3.05) is 20.3 Å². The van der Waals surface area contributed by atoms with Crippen LogP contribution in [0.2, 0.25) is 0 Å². The van der Waals surface area contributed by atoms with Crippen LogP contribution in [-0.2, 0) is 9.53 Å². The second-order valence-electron chi connectivity index (χ2n) is 3.43. The minimum absolute atomic E-state index is 0. The first kappa shape index (κ1) is 16.2. The fourth-order valence-electron chi connectivity index (χ4n) is 0.948. The normalized spacial score (nSPS) is 12.1. The number of nitrogens with one attached hydrogen (secondary N) is 1. The van der Waals surface area contributed by atoms with Gasteiger partial charge in [0.15, 0.2) is 0 Å². The number of carbonyl (C=O) groups is 1. The lowest BCUT2D eigenvalue weighted by Gasteiger charge is -2.12. The zero-order chi connectivity index (χ0) is 10.3. The van der Waals surface area contributed by atoms with E-state index in [-0.39, 0.29) is 19.4 Å². The first-order chi connectivity index (χ1) is 6.07. The molecule has 0 radical (unpaired) electrons. The Hall–Kier alpha value is -0.260. The van der Waals surface area contributed by atoms with Crippen LogP contribution in [0.4, 0.5) is 0 Å². The van der Waals surface area contributed by atoms with E-state index >= 15 is 0 Å². The third-order valence-electron chi connectivity index (χ3n) is 1.60. The largest absolute Gasteiger partial charge is 0.383 e. The minimum atomic E-state index is -0.892. The molecule has 0 unspecified atom stereocenters. The molecule has 0 saturated carbocycles. The molecular formula is C9H21NO3S. The number of methoxy groups -OCH3 is 1. The van der Waals surface area contributed by atoms with Crippen molar-refractivity contribution in [2.45, 2.75) is 26.4 Å². The summed E-state index contributed by atoms with van der Waals surface area (Å²) < 4.78 is 4.76. The van der Waals surface area contributed by atoms with Crippen molar-refractivity contribution in [3.05, 3.63) is 0 Å². The van der Waals surface area contributed by atoms with Crippen LogP contribution in [0.1, 0.15) is 20.3 Å². The third kappa shape index (κ3) is 8.34. The van der Waals surface area contributed by atoms with Crippen LogP contribution in [0.25, 0.3) is 0 Å². The quantitative estimate of drug-likeness (QED) is 0.635. The summed E-state index contributed by atoms with van der Waals surface area (Å²) in [6, 6.07) is 0. The Balaban J connectivity index is 0. The lowest BCUT2D eigenvalue weighted by Crippen LogP contribution is -2.37. The van der Waals surface area contributed by atoms with Gasteiger partial charge in [0.1, 0.15) is 6.10 Å². The van der Waals surface area contributed by atoms with E-state index in [0.29, 0.717) is 25.5 Å². The van der Waals surface area contributed by atoms with Gasteiger partial charge < -0.3 is 15.2 Å². The summed E-state index contributed by atoms with van der Waals surface area (Å²) in [5.74, 6) is 0.00826. The van der Waals surface area contributed by atoms with Crippen molar-refractivity contribution >= 4 is 19.4 Å². The molecule has 0 rings (SSSR count). The summed E-state index contributed by atoms with van der Waals surface area (Å²) in [6.07, 6.45) is -0.393. The van der Waals surface area contributed by atoms with Gasteiger partial charge in [-0.15, -0.1) is 0 Å². The van der Waals surface area contributed by atoms with E-state index in [2.05, 4.69) is 5.32 Å². The molecular weight excluding hydrogens is 202 g/mol. The van der Waals surface area contributed by atoms with Crippen molar-refractivity contribution in [2.24, 2.45) is 5.92 Å². The number of hydrogen-bond donors (Lipinski definition) is 2. The van der Waals surface area contributed by atoms with Crippen LogP contribution in [0, 0.1) is 5.92 Å². The Labute approximate surface area is 92.5 Å². The van der Waals surface area contributed by atoms with E-state index in [1.54, 1.807) is 7.11 Å². The van der Waals surface area contributed by atoms with Crippen LogP contribution in [0.5, 0.6) is 0 Å². The van der Waals surface area contributed by atoms with Gasteiger partial charge in [-0.2, -0.15) is 13.5 Å². The van der Waals surface area contributed by atoms with Crippen molar-refractivity contribution in [1.82, 2.24) is 5.32 Å². The maximum atomic E-state index is 11.1. The number of amides is 1. The molecule has 0 aliphatic heterocycles. The summed E-state index contributed by atoms with van der Waals surface area (Å²) in [5.41, 5.74) is 0. The number of ether oxygens (including phenoxy) is 1. The molecule has 0 saturated heterocycles. The Morgan fingerprint density at radius 2 is 2.07 bits per heavy atom. The molecule has 1 amide bonds. The minimum Gasteiger partial charge on any atom is -0.383 e. The van der Waals surface area contributed by atoms with Gasteiger partial charge in [-0.05, 0) is 12.3 Å². The molecule has 0 aliphatic carbocycles. The topological polar surface area (TPSA) is 58.6 Å². The number of rotatable bonds is 6. The molecule has 0 aromatic carbocycles. The molecule has 0 aliphatic rings. The van der Waals surface area contributed by atoms with Gasteiger partial charge in [-0.25, -0.2) is 0 Å². The fraction of sp³-hybridized carbons (Fsp3) is 0.889. The van der Waals surface area contributed by atoms with Gasteiger partial charge in [-0.3, -0.25) is 4.79 Å². The average molecular weight is 223 g/mol. The van der Waals surface area contributed by atoms with Crippen molar-refractivity contribution < 1.29 is 14.6 Å². The molecule has 0 fully saturated rings. The predicted octanol–water partition coefficient (Wildman–Crippen LogP) is 0.269. The first-order valence-corrected chi connectivity index (χ1v) is 4.52. The Bertz CT molecular complexity index is 153. The fourth-order valence-corrected chi connectivity index (χ4v) is 0.948. The SMILES string of the molecule is COCCNC(=O)[C@@H](O)CC(C)C.S. The first-order valence-electron chi connectivity index (χ1n) is 4.52. The number of aliphatic hydroxyl groups is 1. The molecule has 0 heterocycles. The third-order valence-corrected chi connectivity index (χ3v) is 1.60. The van der Waals surface area contributed by atoms with Crippen molar-refractivity contribution in [3.63, 3.8) is 0 Å². The van der Waals surface area contributed by atoms with E-state index in [0.717, 1.165) is 0 Å². The van der Waals surface area contributed by atoms with Crippen LogP contribution in [0.3, 0.4) is 0 Å². The standard InChI is InChI=1S/C9H19NO3.H2S/c1-7(2)6-8(11)9(12)10-4-5-13-3;/h7-8,11H,4-6H2,1-3H3,(H,10,12);1H2/t8-;/m0./s1. The molecule has 5 heteroatoms. The van der Waals surface area contributed by atoms with Gasteiger partial charge >= 0.3 is 0 Å². The molecule has 1 atom stereocenters.